The van der Waals surface area contributed by atoms with E-state index in [-0.39, 0.29) is 35.0 Å². The van der Waals surface area contributed by atoms with Crippen LogP contribution in [0.25, 0.3) is 0 Å². The first-order valence-corrected chi connectivity index (χ1v) is 10.8. The van der Waals surface area contributed by atoms with E-state index in [1.807, 2.05) is 0 Å². The van der Waals surface area contributed by atoms with E-state index < -0.39 is 0 Å². The fraction of sp³-hybridized carbons (Fsp3) is 0.826. The van der Waals surface area contributed by atoms with Crippen molar-refractivity contribution in [3.63, 3.8) is 0 Å². The second kappa shape index (κ2) is 6.63. The topological polar surface area (TPSA) is 52.6 Å². The van der Waals surface area contributed by atoms with E-state index in [0.717, 1.165) is 38.0 Å². The SMILES string of the molecule is CC(=O)O[C@@H]1C=C2CC[C@H]3[C@@H]4CC[C@H](OC(C)=O)[C@@]4(C)CC[C@@H]3[C@@]2(C)CC1. The lowest BCUT2D eigenvalue weighted by atomic mass is 9.47. The molecular weight excluding hydrogens is 340 g/mol. The van der Waals surface area contributed by atoms with Crippen molar-refractivity contribution < 1.29 is 19.1 Å². The van der Waals surface area contributed by atoms with Gasteiger partial charge in [-0.1, -0.05) is 19.4 Å². The smallest absolute Gasteiger partial charge is 0.303 e. The first-order valence-electron chi connectivity index (χ1n) is 10.8. The fourth-order valence-corrected chi connectivity index (χ4v) is 7.35. The summed E-state index contributed by atoms with van der Waals surface area (Å²) in [6, 6.07) is 0. The van der Waals surface area contributed by atoms with Crippen LogP contribution in [0, 0.1) is 28.6 Å². The number of allylic oxidation sites excluding steroid dienone is 1. The Labute approximate surface area is 163 Å². The third-order valence-corrected chi connectivity index (χ3v) is 8.61. The van der Waals surface area contributed by atoms with Crippen LogP contribution in [0.15, 0.2) is 11.6 Å². The van der Waals surface area contributed by atoms with E-state index in [0.29, 0.717) is 11.8 Å². The van der Waals surface area contributed by atoms with Crippen molar-refractivity contribution in [2.24, 2.45) is 28.6 Å². The molecule has 4 aliphatic rings. The monoisotopic (exact) mass is 374 g/mol. The van der Waals surface area contributed by atoms with Crippen molar-refractivity contribution in [3.05, 3.63) is 11.6 Å². The van der Waals surface area contributed by atoms with E-state index in [1.165, 1.54) is 31.8 Å². The number of hydrogen-bond acceptors (Lipinski definition) is 4. The lowest BCUT2D eigenvalue weighted by Crippen LogP contribution is -2.52. The minimum Gasteiger partial charge on any atom is -0.462 e. The zero-order chi connectivity index (χ0) is 19.4. The molecule has 7 atom stereocenters. The van der Waals surface area contributed by atoms with E-state index in [4.69, 9.17) is 9.47 Å². The van der Waals surface area contributed by atoms with Crippen LogP contribution in [0.5, 0.6) is 0 Å². The summed E-state index contributed by atoms with van der Waals surface area (Å²) in [5, 5.41) is 0. The normalized spacial score (nSPS) is 45.8. The van der Waals surface area contributed by atoms with Crippen molar-refractivity contribution >= 4 is 11.9 Å². The predicted octanol–water partition coefficient (Wildman–Crippen LogP) is 4.81. The molecule has 0 aliphatic heterocycles. The van der Waals surface area contributed by atoms with Crippen molar-refractivity contribution in [1.82, 2.24) is 0 Å². The van der Waals surface area contributed by atoms with Gasteiger partial charge in [-0.3, -0.25) is 9.59 Å². The molecule has 0 bridgehead atoms. The number of fused-ring (bicyclic) bond motifs is 5. The fourth-order valence-electron chi connectivity index (χ4n) is 7.35. The highest BCUT2D eigenvalue weighted by molar-refractivity contribution is 5.66. The van der Waals surface area contributed by atoms with Crippen LogP contribution >= 0.6 is 0 Å². The molecule has 27 heavy (non-hydrogen) atoms. The molecule has 4 aliphatic carbocycles. The molecule has 0 spiro atoms. The van der Waals surface area contributed by atoms with Crippen LogP contribution in [0.2, 0.25) is 0 Å². The Bertz CT molecular complexity index is 667. The van der Waals surface area contributed by atoms with E-state index in [2.05, 4.69) is 19.9 Å². The Morgan fingerprint density at radius 2 is 1.67 bits per heavy atom. The van der Waals surface area contributed by atoms with Gasteiger partial charge in [-0.05, 0) is 80.6 Å². The van der Waals surface area contributed by atoms with Crippen LogP contribution < -0.4 is 0 Å². The summed E-state index contributed by atoms with van der Waals surface area (Å²) in [7, 11) is 0. The molecule has 0 amide bonds. The molecule has 3 saturated carbocycles. The van der Waals surface area contributed by atoms with Crippen LogP contribution in [-0.2, 0) is 19.1 Å². The van der Waals surface area contributed by atoms with Gasteiger partial charge in [0.2, 0.25) is 0 Å². The summed E-state index contributed by atoms with van der Waals surface area (Å²) >= 11 is 0. The maximum atomic E-state index is 11.6. The largest absolute Gasteiger partial charge is 0.462 e. The number of rotatable bonds is 2. The second-order valence-electron chi connectivity index (χ2n) is 9.93. The zero-order valence-electron chi connectivity index (χ0n) is 17.3. The number of ether oxygens (including phenoxy) is 2. The summed E-state index contributed by atoms with van der Waals surface area (Å²) in [4.78, 5) is 22.9. The van der Waals surface area contributed by atoms with Gasteiger partial charge in [0, 0.05) is 19.3 Å². The number of hydrogen-bond donors (Lipinski definition) is 0. The highest BCUT2D eigenvalue weighted by Gasteiger charge is 2.59. The van der Waals surface area contributed by atoms with Gasteiger partial charge in [-0.15, -0.1) is 0 Å². The number of esters is 2. The van der Waals surface area contributed by atoms with Gasteiger partial charge in [-0.25, -0.2) is 0 Å². The predicted molar refractivity (Wildman–Crippen MR) is 103 cm³/mol. The van der Waals surface area contributed by atoms with Gasteiger partial charge < -0.3 is 9.47 Å². The molecule has 0 radical (unpaired) electrons. The minimum absolute atomic E-state index is 0.0317. The molecule has 0 aromatic carbocycles. The van der Waals surface area contributed by atoms with Gasteiger partial charge >= 0.3 is 11.9 Å². The van der Waals surface area contributed by atoms with E-state index in [1.54, 1.807) is 6.92 Å². The number of carbonyl (C=O) groups excluding carboxylic acids is 2. The van der Waals surface area contributed by atoms with Crippen molar-refractivity contribution in [2.75, 3.05) is 0 Å². The Balaban J connectivity index is 1.56. The quantitative estimate of drug-likeness (QED) is 0.514. The van der Waals surface area contributed by atoms with Crippen LogP contribution in [0.1, 0.15) is 79.1 Å². The minimum atomic E-state index is -0.176. The van der Waals surface area contributed by atoms with Gasteiger partial charge in [-0.2, -0.15) is 0 Å². The third kappa shape index (κ3) is 3.03. The Hall–Kier alpha value is -1.32. The lowest BCUT2D eigenvalue weighted by molar-refractivity contribution is -0.157. The molecule has 0 saturated heterocycles. The molecule has 0 aromatic rings. The Kier molecular flexibility index (Phi) is 4.67. The molecule has 4 heteroatoms. The molecule has 0 N–H and O–H groups in total. The number of carbonyl (C=O) groups is 2. The van der Waals surface area contributed by atoms with E-state index in [9.17, 15) is 9.59 Å². The zero-order valence-corrected chi connectivity index (χ0v) is 17.3. The summed E-state index contributed by atoms with van der Waals surface area (Å²) in [6.07, 6.45) is 11.4. The van der Waals surface area contributed by atoms with Gasteiger partial charge in [0.05, 0.1) is 0 Å². The van der Waals surface area contributed by atoms with Gasteiger partial charge in [0.1, 0.15) is 12.2 Å². The average Bonchev–Trinajstić information content (AvgIpc) is 2.91. The molecule has 150 valence electrons. The van der Waals surface area contributed by atoms with Gasteiger partial charge in [0.25, 0.3) is 0 Å². The standard InChI is InChI=1S/C23H34O4/c1-14(24)26-17-9-11-22(3)16(13-17)5-6-18-19-7-8-21(27-15(2)25)23(19,4)12-10-20(18)22/h13,17-21H,5-12H2,1-4H3/t17-,18-,19-,20-,21-,22-,23-/m0/s1. The first-order chi connectivity index (χ1) is 12.7. The molecule has 0 unspecified atom stereocenters. The third-order valence-electron chi connectivity index (χ3n) is 8.61. The maximum absolute atomic E-state index is 11.6. The molecule has 4 rings (SSSR count). The van der Waals surface area contributed by atoms with Crippen molar-refractivity contribution in [2.45, 2.75) is 91.3 Å². The maximum Gasteiger partial charge on any atom is 0.303 e. The Morgan fingerprint density at radius 3 is 2.37 bits per heavy atom. The molecular formula is C23H34O4. The lowest BCUT2D eigenvalue weighted by Gasteiger charge is -2.58. The highest BCUT2D eigenvalue weighted by Crippen LogP contribution is 2.65. The summed E-state index contributed by atoms with van der Waals surface area (Å²) in [5.74, 6) is 1.81. The summed E-state index contributed by atoms with van der Waals surface area (Å²) < 4.78 is 11.2. The average molecular weight is 375 g/mol. The van der Waals surface area contributed by atoms with Crippen LogP contribution in [-0.4, -0.2) is 24.1 Å². The van der Waals surface area contributed by atoms with Crippen LogP contribution in [0.4, 0.5) is 0 Å². The van der Waals surface area contributed by atoms with Crippen LogP contribution in [0.3, 0.4) is 0 Å². The molecule has 3 fully saturated rings. The van der Waals surface area contributed by atoms with Crippen molar-refractivity contribution in [1.29, 1.82) is 0 Å². The van der Waals surface area contributed by atoms with Gasteiger partial charge in [0.15, 0.2) is 0 Å². The summed E-state index contributed by atoms with van der Waals surface area (Å²) in [5.41, 5.74) is 1.93. The molecule has 4 nitrogen and oxygen atoms in total. The molecule has 0 aromatic heterocycles. The highest BCUT2D eigenvalue weighted by atomic mass is 16.5. The molecule has 0 heterocycles. The summed E-state index contributed by atoms with van der Waals surface area (Å²) in [6.45, 7) is 7.88. The second-order valence-corrected chi connectivity index (χ2v) is 9.93. The van der Waals surface area contributed by atoms with Crippen molar-refractivity contribution in [3.8, 4) is 0 Å². The Morgan fingerprint density at radius 1 is 0.926 bits per heavy atom. The first kappa shape index (κ1) is 19.0. The van der Waals surface area contributed by atoms with E-state index >= 15 is 0 Å².